The predicted octanol–water partition coefficient (Wildman–Crippen LogP) is 1.74. The lowest BCUT2D eigenvalue weighted by molar-refractivity contribution is -0.319. The first kappa shape index (κ1) is 45.9. The van der Waals surface area contributed by atoms with E-state index in [2.05, 4.69) is 5.32 Å². The lowest BCUT2D eigenvalue weighted by Crippen LogP contribution is -2.61. The molecule has 3 fully saturated rings. The monoisotopic (exact) mass is 762 g/mol. The van der Waals surface area contributed by atoms with Crippen LogP contribution in [0.25, 0.3) is 0 Å². The van der Waals surface area contributed by atoms with E-state index in [0.717, 1.165) is 0 Å². The lowest BCUT2D eigenvalue weighted by atomic mass is 9.77. The second-order valence-electron chi connectivity index (χ2n) is 16.7. The molecule has 3 aliphatic heterocycles. The molecule has 310 valence electrons. The minimum Gasteiger partial charge on any atom is -0.459 e. The molecule has 0 aromatic heterocycles. The maximum atomic E-state index is 14.2. The van der Waals surface area contributed by atoms with Crippen molar-refractivity contribution >= 4 is 11.9 Å². The zero-order valence-corrected chi connectivity index (χ0v) is 34.4. The van der Waals surface area contributed by atoms with Crippen molar-refractivity contribution in [2.45, 2.75) is 185 Å². The third kappa shape index (κ3) is 10.1. The molecular weight excluding hydrogens is 692 g/mol. The highest BCUT2D eigenvalue weighted by atomic mass is 16.7. The first-order valence-corrected chi connectivity index (χ1v) is 19.1. The first-order chi connectivity index (χ1) is 24.5. The van der Waals surface area contributed by atoms with Crippen molar-refractivity contribution in [1.29, 1.82) is 0 Å². The molecule has 0 aliphatic carbocycles. The number of cyclic esters (lactones) is 1. The van der Waals surface area contributed by atoms with Gasteiger partial charge in [0.05, 0.1) is 47.6 Å². The number of nitrogens with one attached hydrogen (secondary N) is 1. The number of carbonyl (C=O) groups is 2. The highest BCUT2D eigenvalue weighted by molar-refractivity contribution is 5.78. The Morgan fingerprint density at radius 2 is 1.49 bits per heavy atom. The van der Waals surface area contributed by atoms with Crippen LogP contribution in [0.2, 0.25) is 0 Å². The zero-order valence-electron chi connectivity index (χ0n) is 34.4. The number of aliphatic hydroxyl groups is 4. The van der Waals surface area contributed by atoms with E-state index in [9.17, 15) is 30.0 Å². The van der Waals surface area contributed by atoms with Crippen molar-refractivity contribution in [3.8, 4) is 0 Å². The average molecular weight is 763 g/mol. The van der Waals surface area contributed by atoms with Crippen LogP contribution in [0, 0.1) is 17.8 Å². The Bertz CT molecular complexity index is 1210. The summed E-state index contributed by atoms with van der Waals surface area (Å²) in [6, 6.07) is -1.21. The van der Waals surface area contributed by atoms with Crippen LogP contribution in [0.15, 0.2) is 0 Å². The maximum Gasteiger partial charge on any atom is 0.311 e. The van der Waals surface area contributed by atoms with Crippen molar-refractivity contribution in [3.63, 3.8) is 0 Å². The smallest absolute Gasteiger partial charge is 0.311 e. The summed E-state index contributed by atoms with van der Waals surface area (Å²) in [5.74, 6) is -3.58. The molecule has 0 unspecified atom stereocenters. The molecule has 1 amide bonds. The van der Waals surface area contributed by atoms with Crippen molar-refractivity contribution < 1.29 is 63.2 Å². The lowest BCUT2D eigenvalue weighted by Gasteiger charge is -2.49. The number of hydrogen-bond donors (Lipinski definition) is 5. The molecule has 0 aromatic carbocycles. The molecule has 0 aromatic rings. The molecule has 15 heteroatoms. The fourth-order valence-corrected chi connectivity index (χ4v) is 8.42. The number of likely N-dealkylation sites (N-methyl/N-ethyl adjacent to an activating group) is 1. The Balaban J connectivity index is 2.22. The number of esters is 1. The van der Waals surface area contributed by atoms with E-state index in [1.807, 2.05) is 32.8 Å². The number of nitrogens with zero attached hydrogens (tertiary/aromatic N) is 1. The topological polar surface area (TPSA) is 195 Å². The van der Waals surface area contributed by atoms with Gasteiger partial charge in [-0.2, -0.15) is 0 Å². The third-order valence-corrected chi connectivity index (χ3v) is 12.2. The number of carbonyl (C=O) groups excluding carboxylic acids is 2. The molecule has 0 radical (unpaired) electrons. The van der Waals surface area contributed by atoms with Crippen LogP contribution in [0.4, 0.5) is 0 Å². The van der Waals surface area contributed by atoms with Crippen molar-refractivity contribution in [3.05, 3.63) is 0 Å². The standard InChI is InChI=1S/C38H70N2O13/c1-15-26-38(10,46)30(42)23(6)39-33(44)19(2)17-37(9,48-14)32(53-35-28(41)25(40(11)12)16-20(3)49-35)21(4)29(22(5)34(45)51-26)52-27-18-36(8,47-13)31(43)24(7)50-27/h19-32,35,41-43,46H,15-18H2,1-14H3,(H,39,44)/t19-,20-,21+,22-,23-,24+,25+,26-,27+,28-,29+,30+,31+,32-,35+,36-,37-,38-/m1/s1. The highest BCUT2D eigenvalue weighted by Gasteiger charge is 2.53. The van der Waals surface area contributed by atoms with Crippen LogP contribution in [0.3, 0.4) is 0 Å². The number of aliphatic hydroxyl groups excluding tert-OH is 3. The van der Waals surface area contributed by atoms with Crippen molar-refractivity contribution in [2.24, 2.45) is 17.8 Å². The Hall–Kier alpha value is -1.50. The molecule has 3 heterocycles. The summed E-state index contributed by atoms with van der Waals surface area (Å²) in [5.41, 5.74) is -4.23. The van der Waals surface area contributed by atoms with Crippen LogP contribution >= 0.6 is 0 Å². The maximum absolute atomic E-state index is 14.2. The van der Waals surface area contributed by atoms with Crippen LogP contribution < -0.4 is 5.32 Å². The van der Waals surface area contributed by atoms with Gasteiger partial charge in [-0.05, 0) is 81.8 Å². The summed E-state index contributed by atoms with van der Waals surface area (Å²) in [6.45, 7) is 17.0. The molecule has 15 nitrogen and oxygen atoms in total. The molecule has 5 N–H and O–H groups in total. The van der Waals surface area contributed by atoms with E-state index in [1.54, 1.807) is 48.5 Å². The van der Waals surface area contributed by atoms with Gasteiger partial charge in [0, 0.05) is 38.5 Å². The third-order valence-electron chi connectivity index (χ3n) is 12.2. The normalized spacial score (nSPS) is 48.4. The van der Waals surface area contributed by atoms with Crippen molar-refractivity contribution in [1.82, 2.24) is 10.2 Å². The number of methoxy groups -OCH3 is 2. The minimum absolute atomic E-state index is 0.104. The fraction of sp³-hybridized carbons (Fsp3) is 0.947. The van der Waals surface area contributed by atoms with Crippen LogP contribution in [-0.4, -0.2) is 156 Å². The first-order valence-electron chi connectivity index (χ1n) is 19.1. The molecule has 3 aliphatic rings. The largest absolute Gasteiger partial charge is 0.459 e. The van der Waals surface area contributed by atoms with Gasteiger partial charge in [-0.25, -0.2) is 0 Å². The highest BCUT2D eigenvalue weighted by Crippen LogP contribution is 2.41. The second-order valence-corrected chi connectivity index (χ2v) is 16.7. The van der Waals surface area contributed by atoms with Crippen molar-refractivity contribution in [2.75, 3.05) is 28.3 Å². The van der Waals surface area contributed by atoms with Gasteiger partial charge < -0.3 is 63.8 Å². The van der Waals surface area contributed by atoms with Gasteiger partial charge in [-0.1, -0.05) is 20.8 Å². The van der Waals surface area contributed by atoms with Crippen LogP contribution in [0.1, 0.15) is 94.9 Å². The Morgan fingerprint density at radius 1 is 0.887 bits per heavy atom. The molecule has 0 bridgehead atoms. The molecule has 18 atom stereocenters. The number of rotatable bonds is 8. The Morgan fingerprint density at radius 3 is 2.04 bits per heavy atom. The van der Waals surface area contributed by atoms with E-state index >= 15 is 0 Å². The number of hydrogen-bond acceptors (Lipinski definition) is 14. The molecule has 0 saturated carbocycles. The molecular formula is C38H70N2O13. The zero-order chi connectivity index (χ0) is 40.4. The fourth-order valence-electron chi connectivity index (χ4n) is 8.42. The predicted molar refractivity (Wildman–Crippen MR) is 194 cm³/mol. The summed E-state index contributed by atoms with van der Waals surface area (Å²) in [5, 5.41) is 48.3. The van der Waals surface area contributed by atoms with Gasteiger partial charge in [-0.3, -0.25) is 9.59 Å². The Kier molecular flexibility index (Phi) is 15.7. The quantitative estimate of drug-likeness (QED) is 0.225. The number of ether oxygens (including phenoxy) is 7. The molecule has 0 spiro atoms. The minimum atomic E-state index is -1.94. The summed E-state index contributed by atoms with van der Waals surface area (Å²) >= 11 is 0. The van der Waals surface area contributed by atoms with Gasteiger partial charge in [-0.15, -0.1) is 0 Å². The van der Waals surface area contributed by atoms with E-state index in [-0.39, 0.29) is 31.4 Å². The van der Waals surface area contributed by atoms with Gasteiger partial charge in [0.2, 0.25) is 5.91 Å². The van der Waals surface area contributed by atoms with Gasteiger partial charge in [0.1, 0.15) is 30.0 Å². The van der Waals surface area contributed by atoms with Gasteiger partial charge in [0.25, 0.3) is 0 Å². The molecule has 3 rings (SSSR count). The second kappa shape index (κ2) is 18.2. The molecule has 53 heavy (non-hydrogen) atoms. The SMILES string of the molecule is CC[C@H]1OC(=O)[C@H](C)[C@@H](O[C@H]2C[C@@](C)(OC)[C@@H](O)[C@H](C)O2)[C@H](C)[C@@H](O[C@@H]2O[C@H](C)C[C@H](N(C)C)[C@H]2O)[C@](C)(OC)C[C@@H](C)C(=O)N[C@H](C)[C@H](O)[C@]1(C)O. The summed E-state index contributed by atoms with van der Waals surface area (Å²) in [7, 11) is 6.76. The van der Waals surface area contributed by atoms with Crippen LogP contribution in [-0.2, 0) is 42.7 Å². The van der Waals surface area contributed by atoms with E-state index in [4.69, 9.17) is 33.2 Å². The van der Waals surface area contributed by atoms with Gasteiger partial charge >= 0.3 is 5.97 Å². The number of amides is 1. The van der Waals surface area contributed by atoms with E-state index in [0.29, 0.717) is 6.42 Å². The molecule has 3 saturated heterocycles. The van der Waals surface area contributed by atoms with Crippen LogP contribution in [0.5, 0.6) is 0 Å². The summed E-state index contributed by atoms with van der Waals surface area (Å²) in [4.78, 5) is 29.9. The van der Waals surface area contributed by atoms with Gasteiger partial charge in [0.15, 0.2) is 12.6 Å². The van der Waals surface area contributed by atoms with E-state index < -0.39 is 108 Å². The summed E-state index contributed by atoms with van der Waals surface area (Å²) < 4.78 is 43.9. The summed E-state index contributed by atoms with van der Waals surface area (Å²) in [6.07, 6.45) is -8.77. The average Bonchev–Trinajstić information content (AvgIpc) is 3.09. The van der Waals surface area contributed by atoms with E-state index in [1.165, 1.54) is 21.1 Å². The Labute approximate surface area is 316 Å².